The van der Waals surface area contributed by atoms with Crippen LogP contribution in [0.2, 0.25) is 0 Å². The zero-order valence-electron chi connectivity index (χ0n) is 13.9. The van der Waals surface area contributed by atoms with Gasteiger partial charge in [-0.2, -0.15) is 0 Å². The molecule has 0 amide bonds. The number of hydrogen-bond donors (Lipinski definition) is 0. The molecular formula is C17H20N4O2S. The molecule has 1 aliphatic rings. The van der Waals surface area contributed by atoms with E-state index < -0.39 is 0 Å². The standard InChI is InChI=1S/C17H20N4O2S/c1-11-9-12(2)20-16-13(11)14-15(23-16)17(19-10-18-14)24-8-5-21-3-6-22-7-4-21/h9-10H,3-8H2,1-2H3. The summed E-state index contributed by atoms with van der Waals surface area (Å²) in [5.41, 5.74) is 4.35. The summed E-state index contributed by atoms with van der Waals surface area (Å²) in [6, 6.07) is 2.06. The fourth-order valence-corrected chi connectivity index (χ4v) is 4.02. The minimum absolute atomic E-state index is 0.651. The van der Waals surface area contributed by atoms with Crippen LogP contribution in [0.4, 0.5) is 0 Å². The molecule has 0 saturated carbocycles. The Morgan fingerprint density at radius 3 is 2.88 bits per heavy atom. The molecule has 3 aromatic heterocycles. The first-order valence-electron chi connectivity index (χ1n) is 8.17. The van der Waals surface area contributed by atoms with Crippen molar-refractivity contribution in [3.05, 3.63) is 23.7 Å². The number of hydrogen-bond acceptors (Lipinski definition) is 7. The molecule has 3 aromatic rings. The quantitative estimate of drug-likeness (QED) is 0.532. The van der Waals surface area contributed by atoms with Gasteiger partial charge < -0.3 is 9.15 Å². The van der Waals surface area contributed by atoms with E-state index in [-0.39, 0.29) is 0 Å². The van der Waals surface area contributed by atoms with Crippen LogP contribution in [0.15, 0.2) is 21.8 Å². The summed E-state index contributed by atoms with van der Waals surface area (Å²) >= 11 is 1.71. The lowest BCUT2D eigenvalue weighted by atomic mass is 10.1. The van der Waals surface area contributed by atoms with Crippen LogP contribution in [0.1, 0.15) is 11.3 Å². The molecule has 126 valence electrons. The number of rotatable bonds is 4. The Morgan fingerprint density at radius 2 is 2.04 bits per heavy atom. The van der Waals surface area contributed by atoms with E-state index in [2.05, 4.69) is 32.8 Å². The van der Waals surface area contributed by atoms with Crippen LogP contribution >= 0.6 is 11.8 Å². The summed E-state index contributed by atoms with van der Waals surface area (Å²) in [5, 5.41) is 1.89. The monoisotopic (exact) mass is 344 g/mol. The zero-order valence-corrected chi connectivity index (χ0v) is 14.7. The highest BCUT2D eigenvalue weighted by Crippen LogP contribution is 2.33. The van der Waals surface area contributed by atoms with Gasteiger partial charge in [0.15, 0.2) is 5.58 Å². The second kappa shape index (κ2) is 6.66. The maximum atomic E-state index is 6.00. The van der Waals surface area contributed by atoms with Gasteiger partial charge in [0.2, 0.25) is 5.71 Å². The molecule has 1 saturated heterocycles. The summed E-state index contributed by atoms with van der Waals surface area (Å²) in [4.78, 5) is 15.8. The third-order valence-corrected chi connectivity index (χ3v) is 5.22. The molecule has 0 radical (unpaired) electrons. The van der Waals surface area contributed by atoms with Crippen LogP contribution in [0.3, 0.4) is 0 Å². The Morgan fingerprint density at radius 1 is 1.21 bits per heavy atom. The maximum absolute atomic E-state index is 6.00. The third kappa shape index (κ3) is 2.99. The van der Waals surface area contributed by atoms with E-state index in [4.69, 9.17) is 9.15 Å². The zero-order chi connectivity index (χ0) is 16.5. The van der Waals surface area contributed by atoms with Crippen molar-refractivity contribution in [2.45, 2.75) is 18.9 Å². The fraction of sp³-hybridized carbons (Fsp3) is 0.471. The predicted octanol–water partition coefficient (Wildman–Crippen LogP) is 2.81. The molecule has 0 spiro atoms. The number of furan rings is 1. The topological polar surface area (TPSA) is 64.3 Å². The van der Waals surface area contributed by atoms with Crippen molar-refractivity contribution in [2.24, 2.45) is 0 Å². The summed E-state index contributed by atoms with van der Waals surface area (Å²) in [6.45, 7) is 8.74. The van der Waals surface area contributed by atoms with Gasteiger partial charge in [-0.15, -0.1) is 11.8 Å². The van der Waals surface area contributed by atoms with E-state index in [1.54, 1.807) is 18.1 Å². The van der Waals surface area contributed by atoms with Crippen LogP contribution in [0.25, 0.3) is 22.2 Å². The maximum Gasteiger partial charge on any atom is 0.229 e. The van der Waals surface area contributed by atoms with Gasteiger partial charge in [-0.1, -0.05) is 0 Å². The third-order valence-electron chi connectivity index (χ3n) is 4.27. The molecule has 0 atom stereocenters. The molecule has 0 aliphatic carbocycles. The largest absolute Gasteiger partial charge is 0.433 e. The first-order valence-corrected chi connectivity index (χ1v) is 9.15. The molecule has 1 aliphatic heterocycles. The molecule has 6 nitrogen and oxygen atoms in total. The Balaban J connectivity index is 1.60. The summed E-state index contributed by atoms with van der Waals surface area (Å²) in [5.74, 6) is 0.967. The fourth-order valence-electron chi connectivity index (χ4n) is 3.09. The van der Waals surface area contributed by atoms with E-state index in [0.717, 1.165) is 71.4 Å². The number of morpholine rings is 1. The smallest absolute Gasteiger partial charge is 0.229 e. The van der Waals surface area contributed by atoms with E-state index in [0.29, 0.717) is 5.71 Å². The number of aromatic nitrogens is 3. The Kier molecular flexibility index (Phi) is 4.39. The molecule has 24 heavy (non-hydrogen) atoms. The van der Waals surface area contributed by atoms with E-state index >= 15 is 0 Å². The van der Waals surface area contributed by atoms with Gasteiger partial charge in [-0.05, 0) is 25.5 Å². The summed E-state index contributed by atoms with van der Waals surface area (Å²) in [6.07, 6.45) is 1.62. The van der Waals surface area contributed by atoms with E-state index in [9.17, 15) is 0 Å². The SMILES string of the molecule is Cc1cc(C)c2c(n1)oc1c(SCCN3CCOCC3)ncnc12. The highest BCUT2D eigenvalue weighted by atomic mass is 32.2. The first kappa shape index (κ1) is 15.8. The highest BCUT2D eigenvalue weighted by molar-refractivity contribution is 7.99. The van der Waals surface area contributed by atoms with Crippen LogP contribution in [0, 0.1) is 13.8 Å². The van der Waals surface area contributed by atoms with Crippen LogP contribution in [-0.4, -0.2) is 58.5 Å². The van der Waals surface area contributed by atoms with Gasteiger partial charge in [0, 0.05) is 31.1 Å². The molecule has 4 rings (SSSR count). The normalized spacial score (nSPS) is 16.2. The second-order valence-corrected chi connectivity index (χ2v) is 7.11. The highest BCUT2D eigenvalue weighted by Gasteiger charge is 2.17. The van der Waals surface area contributed by atoms with Gasteiger partial charge in [-0.25, -0.2) is 15.0 Å². The number of ether oxygens (including phenoxy) is 1. The minimum atomic E-state index is 0.651. The first-order chi connectivity index (χ1) is 11.7. The van der Waals surface area contributed by atoms with E-state index in [1.807, 2.05) is 6.92 Å². The lowest BCUT2D eigenvalue weighted by Crippen LogP contribution is -2.37. The predicted molar refractivity (Wildman–Crippen MR) is 94.6 cm³/mol. The molecule has 0 N–H and O–H groups in total. The molecule has 0 bridgehead atoms. The molecular weight excluding hydrogens is 324 g/mol. The van der Waals surface area contributed by atoms with Crippen molar-refractivity contribution in [3.63, 3.8) is 0 Å². The number of pyridine rings is 1. The number of fused-ring (bicyclic) bond motifs is 3. The van der Waals surface area contributed by atoms with Crippen molar-refractivity contribution in [1.82, 2.24) is 19.9 Å². The van der Waals surface area contributed by atoms with Crippen molar-refractivity contribution in [2.75, 3.05) is 38.6 Å². The average Bonchev–Trinajstić information content (AvgIpc) is 2.95. The Bertz CT molecular complexity index is 874. The van der Waals surface area contributed by atoms with Crippen molar-refractivity contribution in [1.29, 1.82) is 0 Å². The van der Waals surface area contributed by atoms with Crippen LogP contribution in [-0.2, 0) is 4.74 Å². The Hall–Kier alpha value is -1.70. The lowest BCUT2D eigenvalue weighted by Gasteiger charge is -2.26. The van der Waals surface area contributed by atoms with E-state index in [1.165, 1.54) is 0 Å². The molecule has 0 aromatic carbocycles. The Labute approximate surface area is 144 Å². The number of thioether (sulfide) groups is 1. The molecule has 1 fully saturated rings. The minimum Gasteiger partial charge on any atom is -0.433 e. The van der Waals surface area contributed by atoms with Crippen molar-refractivity contribution in [3.8, 4) is 0 Å². The van der Waals surface area contributed by atoms with Gasteiger partial charge in [0.1, 0.15) is 16.9 Å². The van der Waals surface area contributed by atoms with Gasteiger partial charge in [-0.3, -0.25) is 4.90 Å². The molecule has 0 unspecified atom stereocenters. The summed E-state index contributed by atoms with van der Waals surface area (Å²) in [7, 11) is 0. The van der Waals surface area contributed by atoms with Crippen LogP contribution in [0.5, 0.6) is 0 Å². The van der Waals surface area contributed by atoms with Crippen molar-refractivity contribution >= 4 is 34.0 Å². The number of nitrogens with zero attached hydrogens (tertiary/aromatic N) is 4. The second-order valence-electron chi connectivity index (χ2n) is 6.02. The lowest BCUT2D eigenvalue weighted by molar-refractivity contribution is 0.0410. The van der Waals surface area contributed by atoms with Gasteiger partial charge in [0.25, 0.3) is 0 Å². The average molecular weight is 344 g/mol. The molecule has 4 heterocycles. The van der Waals surface area contributed by atoms with Crippen molar-refractivity contribution < 1.29 is 9.15 Å². The van der Waals surface area contributed by atoms with Gasteiger partial charge in [0.05, 0.1) is 18.6 Å². The van der Waals surface area contributed by atoms with Crippen LogP contribution < -0.4 is 0 Å². The molecule has 7 heteroatoms. The van der Waals surface area contributed by atoms with Gasteiger partial charge >= 0.3 is 0 Å². The number of aryl methyl sites for hydroxylation is 2. The summed E-state index contributed by atoms with van der Waals surface area (Å²) < 4.78 is 11.4.